The van der Waals surface area contributed by atoms with Crippen molar-refractivity contribution in [3.05, 3.63) is 23.8 Å². The summed E-state index contributed by atoms with van der Waals surface area (Å²) in [5, 5.41) is 11.7. The Morgan fingerprint density at radius 2 is 2.11 bits per heavy atom. The average molecular weight is 246 g/mol. The third-order valence-electron chi connectivity index (χ3n) is 3.36. The highest BCUT2D eigenvalue weighted by Crippen LogP contribution is 2.34. The highest BCUT2D eigenvalue weighted by Gasteiger charge is 2.32. The number of amides is 1. The molecule has 1 aromatic carbocycles. The van der Waals surface area contributed by atoms with Crippen molar-refractivity contribution in [1.29, 1.82) is 0 Å². The minimum absolute atomic E-state index is 0.0961. The van der Waals surface area contributed by atoms with Gasteiger partial charge in [0.05, 0.1) is 17.9 Å². The second kappa shape index (κ2) is 4.10. The number of aliphatic hydroxyl groups is 1. The van der Waals surface area contributed by atoms with Crippen molar-refractivity contribution in [3.63, 3.8) is 0 Å². The van der Waals surface area contributed by atoms with E-state index in [9.17, 15) is 9.59 Å². The van der Waals surface area contributed by atoms with Crippen LogP contribution in [0.4, 0.5) is 11.4 Å². The molecule has 0 bridgehead atoms. The molecule has 1 aliphatic carbocycles. The summed E-state index contributed by atoms with van der Waals surface area (Å²) in [6.07, 6.45) is 2.25. The Balaban J connectivity index is 1.92. The van der Waals surface area contributed by atoms with Crippen molar-refractivity contribution >= 4 is 23.1 Å². The van der Waals surface area contributed by atoms with Crippen molar-refractivity contribution in [2.24, 2.45) is 0 Å². The molecule has 0 aromatic heterocycles. The number of aliphatic hydroxyl groups excluding tert-OH is 1. The molecule has 1 aliphatic heterocycles. The van der Waals surface area contributed by atoms with Crippen molar-refractivity contribution in [3.8, 4) is 0 Å². The summed E-state index contributed by atoms with van der Waals surface area (Å²) >= 11 is 0. The quantitative estimate of drug-likeness (QED) is 0.770. The second-order valence-electron chi connectivity index (χ2n) is 4.66. The van der Waals surface area contributed by atoms with Gasteiger partial charge < -0.3 is 15.3 Å². The lowest BCUT2D eigenvalue weighted by atomic mass is 10.1. The Hall–Kier alpha value is -1.88. The normalized spacial score (nSPS) is 17.6. The molecule has 0 radical (unpaired) electrons. The van der Waals surface area contributed by atoms with Crippen LogP contribution in [0.15, 0.2) is 18.2 Å². The Kier molecular flexibility index (Phi) is 2.56. The first-order valence-electron chi connectivity index (χ1n) is 6.08. The van der Waals surface area contributed by atoms with E-state index in [1.165, 1.54) is 0 Å². The van der Waals surface area contributed by atoms with Gasteiger partial charge in [0.1, 0.15) is 0 Å². The maximum atomic E-state index is 11.5. The van der Waals surface area contributed by atoms with Crippen molar-refractivity contribution < 1.29 is 14.7 Å². The minimum Gasteiger partial charge on any atom is -0.395 e. The van der Waals surface area contributed by atoms with Gasteiger partial charge in [0.15, 0.2) is 0 Å². The van der Waals surface area contributed by atoms with E-state index in [0.29, 0.717) is 23.8 Å². The van der Waals surface area contributed by atoms with Crippen LogP contribution >= 0.6 is 0 Å². The summed E-state index contributed by atoms with van der Waals surface area (Å²) in [5.74, 6) is -1.04. The summed E-state index contributed by atoms with van der Waals surface area (Å²) in [6, 6.07) is 5.80. The number of nitrogens with one attached hydrogen (secondary N) is 1. The van der Waals surface area contributed by atoms with Crippen LogP contribution in [0.2, 0.25) is 0 Å². The number of hydrogen-bond acceptors (Lipinski definition) is 4. The van der Waals surface area contributed by atoms with Gasteiger partial charge in [-0.2, -0.15) is 0 Å². The molecule has 0 spiro atoms. The third-order valence-corrected chi connectivity index (χ3v) is 3.36. The molecule has 1 saturated carbocycles. The van der Waals surface area contributed by atoms with Crippen LogP contribution in [0.3, 0.4) is 0 Å². The molecule has 94 valence electrons. The molecular formula is C13H14N2O3. The number of fused-ring (bicyclic) bond motifs is 1. The molecule has 1 aromatic rings. The topological polar surface area (TPSA) is 69.6 Å². The monoisotopic (exact) mass is 246 g/mol. The predicted molar refractivity (Wildman–Crippen MR) is 66.9 cm³/mol. The van der Waals surface area contributed by atoms with Crippen LogP contribution in [0.5, 0.6) is 0 Å². The van der Waals surface area contributed by atoms with Gasteiger partial charge in [-0.05, 0) is 31.0 Å². The fraction of sp³-hybridized carbons (Fsp3) is 0.385. The van der Waals surface area contributed by atoms with Crippen LogP contribution in [-0.4, -0.2) is 36.0 Å². The van der Waals surface area contributed by atoms with Gasteiger partial charge in [-0.25, -0.2) is 0 Å². The predicted octanol–water partition coefficient (Wildman–Crippen LogP) is 0.783. The second-order valence-corrected chi connectivity index (χ2v) is 4.66. The van der Waals surface area contributed by atoms with E-state index in [1.807, 2.05) is 12.1 Å². The number of rotatable bonds is 4. The van der Waals surface area contributed by atoms with Crippen LogP contribution in [0.25, 0.3) is 0 Å². The molecule has 2 N–H and O–H groups in total. The summed E-state index contributed by atoms with van der Waals surface area (Å²) in [5.41, 5.74) is 1.95. The average Bonchev–Trinajstić information content (AvgIpc) is 3.15. The van der Waals surface area contributed by atoms with Gasteiger partial charge in [-0.1, -0.05) is 0 Å². The Morgan fingerprint density at radius 1 is 1.33 bits per heavy atom. The van der Waals surface area contributed by atoms with E-state index in [1.54, 1.807) is 6.07 Å². The van der Waals surface area contributed by atoms with Gasteiger partial charge in [0.25, 0.3) is 11.7 Å². The maximum absolute atomic E-state index is 11.5. The van der Waals surface area contributed by atoms with E-state index in [0.717, 1.165) is 18.5 Å². The molecule has 5 nitrogen and oxygen atoms in total. The largest absolute Gasteiger partial charge is 0.395 e. The first-order chi connectivity index (χ1) is 8.70. The highest BCUT2D eigenvalue weighted by molar-refractivity contribution is 6.51. The van der Waals surface area contributed by atoms with Gasteiger partial charge in [0, 0.05) is 18.3 Å². The molecule has 0 atom stereocenters. The summed E-state index contributed by atoms with van der Waals surface area (Å²) in [6.45, 7) is 0.671. The molecule has 3 rings (SSSR count). The van der Waals surface area contributed by atoms with Crippen LogP contribution < -0.4 is 10.2 Å². The molecule has 18 heavy (non-hydrogen) atoms. The molecule has 2 aliphatic rings. The van der Waals surface area contributed by atoms with Crippen molar-refractivity contribution in [2.75, 3.05) is 23.4 Å². The first kappa shape index (κ1) is 11.2. The van der Waals surface area contributed by atoms with E-state index in [-0.39, 0.29) is 6.61 Å². The Morgan fingerprint density at radius 3 is 2.78 bits per heavy atom. The van der Waals surface area contributed by atoms with Gasteiger partial charge in [-0.3, -0.25) is 9.59 Å². The standard InChI is InChI=1S/C13H14N2O3/c16-6-5-15(8-1-2-8)9-3-4-10-11(7-9)14-13(18)12(10)17/h3-4,7-8,16H,1-2,5-6H2,(H,14,17,18). The number of hydrogen-bond donors (Lipinski definition) is 2. The zero-order valence-electron chi connectivity index (χ0n) is 9.85. The van der Waals surface area contributed by atoms with E-state index < -0.39 is 11.7 Å². The smallest absolute Gasteiger partial charge is 0.296 e. The number of nitrogens with zero attached hydrogens (tertiary/aromatic N) is 1. The molecular weight excluding hydrogens is 232 g/mol. The van der Waals surface area contributed by atoms with E-state index in [2.05, 4.69) is 10.2 Å². The van der Waals surface area contributed by atoms with Gasteiger partial charge in [0.2, 0.25) is 0 Å². The number of Topliss-reactive ketones (excluding diaryl/α,β-unsaturated/α-hetero) is 1. The zero-order valence-corrected chi connectivity index (χ0v) is 9.85. The Bertz CT molecular complexity index is 523. The van der Waals surface area contributed by atoms with Gasteiger partial charge >= 0.3 is 0 Å². The summed E-state index contributed by atoms with van der Waals surface area (Å²) < 4.78 is 0. The number of benzene rings is 1. The van der Waals surface area contributed by atoms with Crippen LogP contribution in [0.1, 0.15) is 23.2 Å². The fourth-order valence-electron chi connectivity index (χ4n) is 2.33. The molecule has 1 fully saturated rings. The Labute approximate surface area is 104 Å². The van der Waals surface area contributed by atoms with Gasteiger partial charge in [-0.15, -0.1) is 0 Å². The first-order valence-corrected chi connectivity index (χ1v) is 6.08. The molecule has 5 heteroatoms. The molecule has 1 amide bonds. The fourth-order valence-corrected chi connectivity index (χ4v) is 2.33. The highest BCUT2D eigenvalue weighted by atomic mass is 16.3. The molecule has 0 saturated heterocycles. The van der Waals surface area contributed by atoms with Crippen molar-refractivity contribution in [2.45, 2.75) is 18.9 Å². The third kappa shape index (κ3) is 1.76. The number of carbonyl (C=O) groups is 2. The minimum atomic E-state index is -0.567. The van der Waals surface area contributed by atoms with Crippen LogP contribution in [-0.2, 0) is 4.79 Å². The number of ketones is 1. The van der Waals surface area contributed by atoms with Crippen LogP contribution in [0, 0.1) is 0 Å². The lowest BCUT2D eigenvalue weighted by molar-refractivity contribution is -0.112. The van der Waals surface area contributed by atoms with Crippen molar-refractivity contribution in [1.82, 2.24) is 0 Å². The van der Waals surface area contributed by atoms with E-state index >= 15 is 0 Å². The molecule has 1 heterocycles. The summed E-state index contributed by atoms with van der Waals surface area (Å²) in [7, 11) is 0. The SMILES string of the molecule is O=C1Nc2cc(N(CCO)C3CC3)ccc2C1=O. The maximum Gasteiger partial charge on any atom is 0.296 e. The lowest BCUT2D eigenvalue weighted by Crippen LogP contribution is -2.28. The zero-order chi connectivity index (χ0) is 12.7. The lowest BCUT2D eigenvalue weighted by Gasteiger charge is -2.24. The summed E-state index contributed by atoms with van der Waals surface area (Å²) in [4.78, 5) is 24.9. The molecule has 0 unspecified atom stereocenters. The van der Waals surface area contributed by atoms with E-state index in [4.69, 9.17) is 5.11 Å². The number of carbonyl (C=O) groups excluding carboxylic acids is 2. The number of anilines is 2.